The van der Waals surface area contributed by atoms with Gasteiger partial charge < -0.3 is 10.1 Å². The van der Waals surface area contributed by atoms with Gasteiger partial charge in [-0.2, -0.15) is 0 Å². The van der Waals surface area contributed by atoms with E-state index in [9.17, 15) is 13.2 Å². The number of amides is 1. The number of hydrogen-bond donors (Lipinski definition) is 2. The highest BCUT2D eigenvalue weighted by Crippen LogP contribution is 2.27. The van der Waals surface area contributed by atoms with Gasteiger partial charge >= 0.3 is 0 Å². The molecule has 0 radical (unpaired) electrons. The van der Waals surface area contributed by atoms with Crippen LogP contribution in [0.1, 0.15) is 5.56 Å². The summed E-state index contributed by atoms with van der Waals surface area (Å²) in [5, 5.41) is 7.77. The molecule has 0 saturated carbocycles. The third-order valence-electron chi connectivity index (χ3n) is 4.18. The predicted molar refractivity (Wildman–Crippen MR) is 114 cm³/mol. The number of sulfonamides is 1. The first-order valence-electron chi connectivity index (χ1n) is 8.72. The van der Waals surface area contributed by atoms with Gasteiger partial charge in [-0.1, -0.05) is 48.5 Å². The van der Waals surface area contributed by atoms with E-state index in [-0.39, 0.29) is 10.6 Å². The Hall–Kier alpha value is -3.42. The largest absolute Gasteiger partial charge is 0.495 e. The molecule has 0 aliphatic heterocycles. The number of ether oxygens (including phenoxy) is 1. The zero-order valence-corrected chi connectivity index (χ0v) is 16.5. The molecule has 0 unspecified atom stereocenters. The molecule has 3 aromatic rings. The molecule has 0 aliphatic rings. The number of carbonyl (C=O) groups is 1. The van der Waals surface area contributed by atoms with Crippen LogP contribution < -0.4 is 15.2 Å². The van der Waals surface area contributed by atoms with Crippen LogP contribution in [-0.2, 0) is 14.8 Å². The summed E-state index contributed by atoms with van der Waals surface area (Å²) < 4.78 is 28.2. The van der Waals surface area contributed by atoms with E-state index in [1.165, 1.54) is 31.4 Å². The van der Waals surface area contributed by atoms with Gasteiger partial charge in [0.2, 0.25) is 15.9 Å². The van der Waals surface area contributed by atoms with Gasteiger partial charge in [-0.25, -0.2) is 13.6 Å². The zero-order chi connectivity index (χ0) is 20.9. The predicted octanol–water partition coefficient (Wildman–Crippen LogP) is 3.66. The molecule has 148 valence electrons. The van der Waals surface area contributed by atoms with Crippen LogP contribution in [-0.4, -0.2) is 21.4 Å². The van der Waals surface area contributed by atoms with Gasteiger partial charge in [0.05, 0.1) is 17.7 Å². The number of benzene rings is 3. The molecule has 6 nitrogen and oxygen atoms in total. The molecule has 29 heavy (non-hydrogen) atoms. The summed E-state index contributed by atoms with van der Waals surface area (Å²) >= 11 is 0. The standard InChI is InChI=1S/C22H20N2O4S/c1-28-21-12-11-19(29(23,26)27)15-20(21)24-22(25)13-10-16-6-5-9-18(14-16)17-7-3-2-4-8-17/h2-15H,1H3,(H,24,25)(H2,23,26,27)/b13-10+. The Morgan fingerprint density at radius 2 is 1.69 bits per heavy atom. The Kier molecular flexibility index (Phi) is 6.11. The van der Waals surface area contributed by atoms with Crippen molar-refractivity contribution in [2.24, 2.45) is 5.14 Å². The topological polar surface area (TPSA) is 98.5 Å². The molecule has 3 N–H and O–H groups in total. The Morgan fingerprint density at radius 1 is 0.966 bits per heavy atom. The molecule has 0 bridgehead atoms. The van der Waals surface area contributed by atoms with Gasteiger partial charge in [0.25, 0.3) is 0 Å². The summed E-state index contributed by atoms with van der Waals surface area (Å²) in [5.41, 5.74) is 3.19. The van der Waals surface area contributed by atoms with Crippen molar-refractivity contribution in [1.82, 2.24) is 0 Å². The molecule has 0 fully saturated rings. The first-order chi connectivity index (χ1) is 13.9. The molecule has 0 heterocycles. The molecular weight excluding hydrogens is 388 g/mol. The summed E-state index contributed by atoms with van der Waals surface area (Å²) in [6.45, 7) is 0. The van der Waals surface area contributed by atoms with E-state index in [0.29, 0.717) is 5.75 Å². The van der Waals surface area contributed by atoms with E-state index >= 15 is 0 Å². The van der Waals surface area contributed by atoms with Gasteiger partial charge in [-0.15, -0.1) is 0 Å². The number of nitrogens with one attached hydrogen (secondary N) is 1. The molecule has 0 aromatic heterocycles. The van der Waals surface area contributed by atoms with Crippen molar-refractivity contribution in [1.29, 1.82) is 0 Å². The van der Waals surface area contributed by atoms with Crippen LogP contribution in [0.15, 0.2) is 83.8 Å². The average molecular weight is 408 g/mol. The minimum atomic E-state index is -3.90. The normalized spacial score (nSPS) is 11.4. The Morgan fingerprint density at radius 3 is 2.38 bits per heavy atom. The summed E-state index contributed by atoms with van der Waals surface area (Å²) in [4.78, 5) is 12.2. The fourth-order valence-corrected chi connectivity index (χ4v) is 3.30. The average Bonchev–Trinajstić information content (AvgIpc) is 2.72. The molecule has 0 atom stereocenters. The monoisotopic (exact) mass is 408 g/mol. The highest BCUT2D eigenvalue weighted by atomic mass is 32.2. The van der Waals surface area contributed by atoms with E-state index in [1.807, 2.05) is 54.6 Å². The summed E-state index contributed by atoms with van der Waals surface area (Å²) in [5.74, 6) is -0.106. The maximum Gasteiger partial charge on any atom is 0.248 e. The number of anilines is 1. The zero-order valence-electron chi connectivity index (χ0n) is 15.7. The number of carbonyl (C=O) groups excluding carboxylic acids is 1. The maximum atomic E-state index is 12.3. The van der Waals surface area contributed by atoms with Crippen LogP contribution in [0.3, 0.4) is 0 Å². The first kappa shape index (κ1) is 20.3. The van der Waals surface area contributed by atoms with Crippen molar-refractivity contribution in [2.75, 3.05) is 12.4 Å². The number of rotatable bonds is 6. The Bertz CT molecular complexity index is 1160. The third-order valence-corrected chi connectivity index (χ3v) is 5.09. The Balaban J connectivity index is 1.79. The smallest absolute Gasteiger partial charge is 0.248 e. The Labute approximate surface area is 169 Å². The number of primary sulfonamides is 1. The van der Waals surface area contributed by atoms with E-state index < -0.39 is 15.9 Å². The van der Waals surface area contributed by atoms with Crippen LogP contribution in [0.25, 0.3) is 17.2 Å². The van der Waals surface area contributed by atoms with Crippen molar-refractivity contribution in [3.8, 4) is 16.9 Å². The molecule has 3 rings (SSSR count). The van der Waals surface area contributed by atoms with Crippen LogP contribution in [0.5, 0.6) is 5.75 Å². The fraction of sp³-hybridized carbons (Fsp3) is 0.0455. The van der Waals surface area contributed by atoms with Crippen LogP contribution in [0, 0.1) is 0 Å². The van der Waals surface area contributed by atoms with Crippen molar-refractivity contribution in [3.05, 3.63) is 84.4 Å². The first-order valence-corrected chi connectivity index (χ1v) is 10.3. The minimum Gasteiger partial charge on any atom is -0.495 e. The van der Waals surface area contributed by atoms with Crippen molar-refractivity contribution >= 4 is 27.7 Å². The number of hydrogen-bond acceptors (Lipinski definition) is 4. The van der Waals surface area contributed by atoms with Crippen LogP contribution in [0.4, 0.5) is 5.69 Å². The SMILES string of the molecule is COc1ccc(S(N)(=O)=O)cc1NC(=O)/C=C/c1cccc(-c2ccccc2)c1. The van der Waals surface area contributed by atoms with Gasteiger partial charge in [0.15, 0.2) is 0 Å². The lowest BCUT2D eigenvalue weighted by Crippen LogP contribution is -2.14. The molecule has 7 heteroatoms. The van der Waals surface area contributed by atoms with Crippen LogP contribution >= 0.6 is 0 Å². The molecule has 0 saturated heterocycles. The third kappa shape index (κ3) is 5.31. The van der Waals surface area contributed by atoms with Crippen LogP contribution in [0.2, 0.25) is 0 Å². The van der Waals surface area contributed by atoms with Crippen molar-refractivity contribution in [2.45, 2.75) is 4.90 Å². The van der Waals surface area contributed by atoms with E-state index in [0.717, 1.165) is 16.7 Å². The van der Waals surface area contributed by atoms with Crippen molar-refractivity contribution < 1.29 is 17.9 Å². The van der Waals surface area contributed by atoms with E-state index in [4.69, 9.17) is 9.88 Å². The molecule has 1 amide bonds. The quantitative estimate of drug-likeness (QED) is 0.608. The number of methoxy groups -OCH3 is 1. The maximum absolute atomic E-state index is 12.3. The fourth-order valence-electron chi connectivity index (χ4n) is 2.76. The second-order valence-corrected chi connectivity index (χ2v) is 7.78. The summed E-state index contributed by atoms with van der Waals surface area (Å²) in [6.07, 6.45) is 3.05. The molecular formula is C22H20N2O4S. The summed E-state index contributed by atoms with van der Waals surface area (Å²) in [6, 6.07) is 21.7. The minimum absolute atomic E-state index is 0.117. The molecule has 0 aliphatic carbocycles. The molecule has 3 aromatic carbocycles. The van der Waals surface area contributed by atoms with Gasteiger partial charge in [0.1, 0.15) is 5.75 Å². The lowest BCUT2D eigenvalue weighted by Gasteiger charge is -2.10. The summed E-state index contributed by atoms with van der Waals surface area (Å²) in [7, 11) is -2.47. The van der Waals surface area contributed by atoms with Crippen molar-refractivity contribution in [3.63, 3.8) is 0 Å². The van der Waals surface area contributed by atoms with E-state index in [2.05, 4.69) is 5.32 Å². The van der Waals surface area contributed by atoms with Gasteiger partial charge in [-0.05, 0) is 47.0 Å². The van der Waals surface area contributed by atoms with Gasteiger partial charge in [-0.3, -0.25) is 4.79 Å². The van der Waals surface area contributed by atoms with E-state index in [1.54, 1.807) is 6.08 Å². The molecule has 0 spiro atoms. The lowest BCUT2D eigenvalue weighted by atomic mass is 10.0. The number of nitrogens with two attached hydrogens (primary N) is 1. The lowest BCUT2D eigenvalue weighted by molar-refractivity contribution is -0.111. The second kappa shape index (κ2) is 8.72. The second-order valence-electron chi connectivity index (χ2n) is 6.22. The highest BCUT2D eigenvalue weighted by Gasteiger charge is 2.13. The van der Waals surface area contributed by atoms with Gasteiger partial charge in [0, 0.05) is 6.08 Å². The highest BCUT2D eigenvalue weighted by molar-refractivity contribution is 7.89.